The smallest absolute Gasteiger partial charge is 0.262 e. The van der Waals surface area contributed by atoms with Crippen molar-refractivity contribution in [1.29, 1.82) is 0 Å². The monoisotopic (exact) mass is 457 g/mol. The fraction of sp³-hybridized carbons (Fsp3) is 0.286. The maximum absolute atomic E-state index is 13.4. The van der Waals surface area contributed by atoms with E-state index in [9.17, 15) is 9.59 Å². The molecule has 176 valence electrons. The molecule has 6 heteroatoms. The minimum absolute atomic E-state index is 0.00149. The molecule has 0 spiro atoms. The molecule has 0 heterocycles. The number of rotatable bonds is 8. The van der Waals surface area contributed by atoms with Crippen LogP contribution in [0.1, 0.15) is 41.6 Å². The van der Waals surface area contributed by atoms with Gasteiger partial charge in [0, 0.05) is 29.9 Å². The Balaban J connectivity index is 1.41. The Hall–Kier alpha value is -3.64. The number of amides is 2. The Labute approximate surface area is 200 Å². The zero-order chi connectivity index (χ0) is 23.8. The molecule has 2 atom stereocenters. The third-order valence-corrected chi connectivity index (χ3v) is 6.17. The fourth-order valence-electron chi connectivity index (χ4n) is 4.37. The van der Waals surface area contributed by atoms with Gasteiger partial charge in [0.1, 0.15) is 5.75 Å². The molecule has 1 aliphatic rings. The van der Waals surface area contributed by atoms with Crippen LogP contribution in [-0.2, 0) is 11.3 Å². The number of nitrogens with zero attached hydrogens (tertiary/aromatic N) is 1. The van der Waals surface area contributed by atoms with Crippen molar-refractivity contribution in [3.63, 3.8) is 0 Å². The van der Waals surface area contributed by atoms with Gasteiger partial charge in [0.05, 0.1) is 0 Å². The lowest BCUT2D eigenvalue weighted by Crippen LogP contribution is -2.51. The van der Waals surface area contributed by atoms with Gasteiger partial charge in [0.15, 0.2) is 6.61 Å². The SMILES string of the molecule is NC1CCCCC1N(Cc1ccc(NC(=O)COc2ccccc2)cc1)C(=O)c1ccccc1. The van der Waals surface area contributed by atoms with E-state index in [0.717, 1.165) is 31.2 Å². The van der Waals surface area contributed by atoms with Gasteiger partial charge in [-0.2, -0.15) is 0 Å². The third-order valence-electron chi connectivity index (χ3n) is 6.17. The van der Waals surface area contributed by atoms with Crippen molar-refractivity contribution in [1.82, 2.24) is 4.90 Å². The highest BCUT2D eigenvalue weighted by Crippen LogP contribution is 2.26. The van der Waals surface area contributed by atoms with Gasteiger partial charge in [-0.25, -0.2) is 0 Å². The highest BCUT2D eigenvalue weighted by molar-refractivity contribution is 5.94. The summed E-state index contributed by atoms with van der Waals surface area (Å²) >= 11 is 0. The summed E-state index contributed by atoms with van der Waals surface area (Å²) in [5.41, 5.74) is 8.78. The first kappa shape index (κ1) is 23.5. The Bertz CT molecular complexity index is 1070. The summed E-state index contributed by atoms with van der Waals surface area (Å²) in [5.74, 6) is 0.418. The average Bonchev–Trinajstić information content (AvgIpc) is 2.88. The number of carbonyl (C=O) groups is 2. The van der Waals surface area contributed by atoms with Crippen LogP contribution in [0.3, 0.4) is 0 Å². The average molecular weight is 458 g/mol. The molecule has 1 fully saturated rings. The molecule has 3 N–H and O–H groups in total. The molecule has 0 radical (unpaired) electrons. The van der Waals surface area contributed by atoms with Crippen molar-refractivity contribution in [2.75, 3.05) is 11.9 Å². The molecule has 1 saturated carbocycles. The Morgan fingerprint density at radius 3 is 2.21 bits per heavy atom. The van der Waals surface area contributed by atoms with Gasteiger partial charge in [0.25, 0.3) is 11.8 Å². The van der Waals surface area contributed by atoms with Gasteiger partial charge in [-0.3, -0.25) is 9.59 Å². The van der Waals surface area contributed by atoms with Crippen LogP contribution < -0.4 is 15.8 Å². The van der Waals surface area contributed by atoms with E-state index in [0.29, 0.717) is 23.5 Å². The van der Waals surface area contributed by atoms with E-state index >= 15 is 0 Å². The van der Waals surface area contributed by atoms with Gasteiger partial charge in [-0.1, -0.05) is 61.4 Å². The largest absolute Gasteiger partial charge is 0.484 e. The molecular formula is C28H31N3O3. The first-order valence-corrected chi connectivity index (χ1v) is 11.8. The molecule has 1 aliphatic carbocycles. The minimum Gasteiger partial charge on any atom is -0.484 e. The number of hydrogen-bond acceptors (Lipinski definition) is 4. The quantitative estimate of drug-likeness (QED) is 0.517. The van der Waals surface area contributed by atoms with Crippen LogP contribution in [0.2, 0.25) is 0 Å². The summed E-state index contributed by atoms with van der Waals surface area (Å²) in [6.07, 6.45) is 4.02. The van der Waals surface area contributed by atoms with E-state index in [4.69, 9.17) is 10.5 Å². The first-order valence-electron chi connectivity index (χ1n) is 11.8. The van der Waals surface area contributed by atoms with E-state index in [1.165, 1.54) is 0 Å². The molecule has 3 aromatic rings. The summed E-state index contributed by atoms with van der Waals surface area (Å²) in [5, 5.41) is 2.85. The number of para-hydroxylation sites is 1. The lowest BCUT2D eigenvalue weighted by molar-refractivity contribution is -0.118. The summed E-state index contributed by atoms with van der Waals surface area (Å²) in [4.78, 5) is 27.5. The van der Waals surface area contributed by atoms with Gasteiger partial charge in [-0.05, 0) is 54.8 Å². The molecular weight excluding hydrogens is 426 g/mol. The van der Waals surface area contributed by atoms with Crippen molar-refractivity contribution >= 4 is 17.5 Å². The molecule has 4 rings (SSSR count). The standard InChI is InChI=1S/C28H31N3O3/c29-25-13-7-8-14-26(25)31(28(33)22-9-3-1-4-10-22)19-21-15-17-23(18-16-21)30-27(32)20-34-24-11-5-2-6-12-24/h1-6,9-12,15-18,25-26H,7-8,13-14,19-20,29H2,(H,30,32). The maximum Gasteiger partial charge on any atom is 0.262 e. The van der Waals surface area contributed by atoms with Gasteiger partial charge in [0.2, 0.25) is 0 Å². The van der Waals surface area contributed by atoms with Crippen molar-refractivity contribution in [3.05, 3.63) is 96.1 Å². The van der Waals surface area contributed by atoms with Crippen molar-refractivity contribution in [2.45, 2.75) is 44.3 Å². The fourth-order valence-corrected chi connectivity index (χ4v) is 4.37. The van der Waals surface area contributed by atoms with E-state index in [1.54, 1.807) is 0 Å². The number of nitrogens with one attached hydrogen (secondary N) is 1. The molecule has 0 saturated heterocycles. The molecule has 2 unspecified atom stereocenters. The molecule has 0 aromatic heterocycles. The van der Waals surface area contributed by atoms with Crippen molar-refractivity contribution in [2.24, 2.45) is 5.73 Å². The zero-order valence-electron chi connectivity index (χ0n) is 19.2. The van der Waals surface area contributed by atoms with Gasteiger partial charge < -0.3 is 20.7 Å². The number of anilines is 1. The van der Waals surface area contributed by atoms with Crippen molar-refractivity contribution < 1.29 is 14.3 Å². The van der Waals surface area contributed by atoms with Crippen LogP contribution in [0.4, 0.5) is 5.69 Å². The predicted molar refractivity (Wildman–Crippen MR) is 134 cm³/mol. The normalized spacial score (nSPS) is 17.6. The zero-order valence-corrected chi connectivity index (χ0v) is 19.2. The van der Waals surface area contributed by atoms with Crippen LogP contribution in [0, 0.1) is 0 Å². The van der Waals surface area contributed by atoms with E-state index in [-0.39, 0.29) is 30.5 Å². The molecule has 34 heavy (non-hydrogen) atoms. The van der Waals surface area contributed by atoms with Crippen molar-refractivity contribution in [3.8, 4) is 5.75 Å². The van der Waals surface area contributed by atoms with Gasteiger partial charge in [-0.15, -0.1) is 0 Å². The number of ether oxygens (including phenoxy) is 1. The topological polar surface area (TPSA) is 84.7 Å². The number of nitrogens with two attached hydrogens (primary N) is 1. The lowest BCUT2D eigenvalue weighted by atomic mass is 9.89. The molecule has 0 aliphatic heterocycles. The second-order valence-corrected chi connectivity index (χ2v) is 8.66. The van der Waals surface area contributed by atoms with E-state index in [1.807, 2.05) is 89.8 Å². The number of carbonyl (C=O) groups excluding carboxylic acids is 2. The molecule has 2 amide bonds. The van der Waals surface area contributed by atoms with Crippen LogP contribution in [0.15, 0.2) is 84.9 Å². The Kier molecular flexibility index (Phi) is 7.94. The number of benzene rings is 3. The summed E-state index contributed by atoms with van der Waals surface area (Å²) in [7, 11) is 0. The number of hydrogen-bond donors (Lipinski definition) is 2. The Morgan fingerprint density at radius 1 is 0.882 bits per heavy atom. The highest BCUT2D eigenvalue weighted by Gasteiger charge is 2.31. The lowest BCUT2D eigenvalue weighted by Gasteiger charge is -2.38. The molecule has 0 bridgehead atoms. The molecule has 3 aromatic carbocycles. The second kappa shape index (κ2) is 11.5. The van der Waals surface area contributed by atoms with Crippen LogP contribution in [0.25, 0.3) is 0 Å². The second-order valence-electron chi connectivity index (χ2n) is 8.66. The van der Waals surface area contributed by atoms with Crippen LogP contribution >= 0.6 is 0 Å². The van der Waals surface area contributed by atoms with E-state index < -0.39 is 0 Å². The predicted octanol–water partition coefficient (Wildman–Crippen LogP) is 4.62. The summed E-state index contributed by atoms with van der Waals surface area (Å²) in [6, 6.07) is 26.2. The van der Waals surface area contributed by atoms with Gasteiger partial charge >= 0.3 is 0 Å². The maximum atomic E-state index is 13.4. The first-order chi connectivity index (χ1) is 16.6. The minimum atomic E-state index is -0.231. The third kappa shape index (κ3) is 6.23. The molecule has 6 nitrogen and oxygen atoms in total. The Morgan fingerprint density at radius 2 is 1.53 bits per heavy atom. The van der Waals surface area contributed by atoms with E-state index in [2.05, 4.69) is 5.32 Å². The highest BCUT2D eigenvalue weighted by atomic mass is 16.5. The van der Waals surface area contributed by atoms with Crippen LogP contribution in [0.5, 0.6) is 5.75 Å². The summed E-state index contributed by atoms with van der Waals surface area (Å²) < 4.78 is 5.49. The van der Waals surface area contributed by atoms with Crippen LogP contribution in [-0.4, -0.2) is 35.4 Å². The summed E-state index contributed by atoms with van der Waals surface area (Å²) in [6.45, 7) is 0.405.